The van der Waals surface area contributed by atoms with Gasteiger partial charge in [-0.25, -0.2) is 9.97 Å². The van der Waals surface area contributed by atoms with Crippen LogP contribution >= 0.6 is 22.7 Å². The second kappa shape index (κ2) is 5.22. The van der Waals surface area contributed by atoms with E-state index in [-0.39, 0.29) is 11.5 Å². The van der Waals surface area contributed by atoms with E-state index in [1.54, 1.807) is 28.7 Å². The smallest absolute Gasteiger partial charge is 0.128 e. The molecule has 3 aromatic rings. The first-order chi connectivity index (χ1) is 9.61. The molecule has 0 radical (unpaired) electrons. The molecule has 20 heavy (non-hydrogen) atoms. The van der Waals surface area contributed by atoms with Crippen molar-refractivity contribution in [1.82, 2.24) is 9.97 Å². The van der Waals surface area contributed by atoms with Gasteiger partial charge >= 0.3 is 0 Å². The maximum Gasteiger partial charge on any atom is 0.128 e. The Hall–Kier alpha value is -1.92. The average Bonchev–Trinajstić information content (AvgIpc) is 2.99. The number of phenols is 2. The highest BCUT2D eigenvalue weighted by atomic mass is 32.1. The van der Waals surface area contributed by atoms with Gasteiger partial charge in [-0.1, -0.05) is 0 Å². The van der Waals surface area contributed by atoms with Gasteiger partial charge in [-0.15, -0.1) is 22.7 Å². The lowest BCUT2D eigenvalue weighted by atomic mass is 10.1. The zero-order valence-corrected chi connectivity index (χ0v) is 12.3. The van der Waals surface area contributed by atoms with E-state index in [0.717, 1.165) is 21.4 Å². The zero-order valence-electron chi connectivity index (χ0n) is 10.7. The third-order valence-electron chi connectivity index (χ3n) is 2.81. The minimum absolute atomic E-state index is 0.0337. The second-order valence-corrected chi connectivity index (χ2v) is 6.37. The normalized spacial score (nSPS) is 10.8. The molecule has 4 nitrogen and oxygen atoms in total. The summed E-state index contributed by atoms with van der Waals surface area (Å²) in [6.45, 7) is 1.98. The number of rotatable bonds is 3. The summed E-state index contributed by atoms with van der Waals surface area (Å²) in [7, 11) is 0. The number of thiazole rings is 2. The van der Waals surface area contributed by atoms with E-state index >= 15 is 0 Å². The number of aromatic hydroxyl groups is 2. The molecule has 0 aliphatic heterocycles. The van der Waals surface area contributed by atoms with Crippen LogP contribution in [0.25, 0.3) is 11.3 Å². The fourth-order valence-electron chi connectivity index (χ4n) is 1.90. The number of nitrogens with zero attached hydrogens (tertiary/aromatic N) is 2. The molecule has 0 aliphatic carbocycles. The lowest BCUT2D eigenvalue weighted by molar-refractivity contribution is 0.452. The van der Waals surface area contributed by atoms with Crippen LogP contribution in [0.4, 0.5) is 0 Å². The number of hydrogen-bond acceptors (Lipinski definition) is 6. The summed E-state index contributed by atoms with van der Waals surface area (Å²) in [4.78, 5) is 8.94. The van der Waals surface area contributed by atoms with Crippen LogP contribution in [0.1, 0.15) is 15.7 Å². The van der Waals surface area contributed by atoms with Gasteiger partial charge in [-0.2, -0.15) is 0 Å². The highest BCUT2D eigenvalue weighted by molar-refractivity contribution is 7.10. The second-order valence-electron chi connectivity index (χ2n) is 4.36. The van der Waals surface area contributed by atoms with E-state index in [2.05, 4.69) is 9.97 Å². The topological polar surface area (TPSA) is 66.2 Å². The largest absolute Gasteiger partial charge is 0.508 e. The first-order valence-electron chi connectivity index (χ1n) is 5.99. The van der Waals surface area contributed by atoms with Gasteiger partial charge in [0.25, 0.3) is 0 Å². The first kappa shape index (κ1) is 13.1. The van der Waals surface area contributed by atoms with Gasteiger partial charge in [0.15, 0.2) is 0 Å². The predicted octanol–water partition coefficient (Wildman–Crippen LogP) is 3.58. The molecule has 0 bridgehead atoms. The van der Waals surface area contributed by atoms with E-state index in [1.165, 1.54) is 12.1 Å². The van der Waals surface area contributed by atoms with Crippen LogP contribution in [-0.4, -0.2) is 20.2 Å². The Morgan fingerprint density at radius 2 is 1.95 bits per heavy atom. The molecule has 0 spiro atoms. The van der Waals surface area contributed by atoms with Gasteiger partial charge in [0, 0.05) is 28.8 Å². The maximum atomic E-state index is 9.84. The Morgan fingerprint density at radius 3 is 2.65 bits per heavy atom. The molecule has 0 amide bonds. The van der Waals surface area contributed by atoms with Crippen molar-refractivity contribution in [3.8, 4) is 22.8 Å². The van der Waals surface area contributed by atoms with Crippen molar-refractivity contribution in [3.05, 3.63) is 44.7 Å². The van der Waals surface area contributed by atoms with Gasteiger partial charge in [0.2, 0.25) is 0 Å². The van der Waals surface area contributed by atoms with Crippen LogP contribution in [0.15, 0.2) is 29.0 Å². The van der Waals surface area contributed by atoms with Crippen molar-refractivity contribution < 1.29 is 10.2 Å². The van der Waals surface area contributed by atoms with Gasteiger partial charge in [-0.3, -0.25) is 0 Å². The Bertz CT molecular complexity index is 749. The summed E-state index contributed by atoms with van der Waals surface area (Å²) < 4.78 is 0. The van der Waals surface area contributed by atoms with E-state index < -0.39 is 0 Å². The van der Waals surface area contributed by atoms with E-state index in [1.807, 2.05) is 17.7 Å². The molecular weight excluding hydrogens is 292 g/mol. The zero-order chi connectivity index (χ0) is 14.1. The van der Waals surface area contributed by atoms with Gasteiger partial charge < -0.3 is 10.2 Å². The minimum atomic E-state index is 0.0337. The summed E-state index contributed by atoms with van der Waals surface area (Å²) in [6, 6.07) is 4.52. The van der Waals surface area contributed by atoms with Crippen molar-refractivity contribution in [1.29, 1.82) is 0 Å². The molecule has 2 aromatic heterocycles. The van der Waals surface area contributed by atoms with Crippen molar-refractivity contribution >= 4 is 22.7 Å². The van der Waals surface area contributed by atoms with E-state index in [9.17, 15) is 10.2 Å². The Balaban J connectivity index is 1.86. The molecule has 0 aliphatic rings. The molecule has 6 heteroatoms. The Morgan fingerprint density at radius 1 is 1.10 bits per heavy atom. The monoisotopic (exact) mass is 304 g/mol. The van der Waals surface area contributed by atoms with Crippen molar-refractivity contribution in [2.24, 2.45) is 0 Å². The van der Waals surface area contributed by atoms with Crippen molar-refractivity contribution in [2.75, 3.05) is 0 Å². The third-order valence-corrected chi connectivity index (χ3v) is 4.48. The standard InChI is InChI=1S/C14H12N2O2S2/c1-8-15-9(6-19-8)4-14-16-12(7-20-14)11-3-2-10(17)5-13(11)18/h2-3,5-7,17-18H,4H2,1H3. The molecule has 0 saturated heterocycles. The molecule has 0 saturated carbocycles. The number of benzene rings is 1. The van der Waals surface area contributed by atoms with Crippen LogP contribution in [0.2, 0.25) is 0 Å². The van der Waals surface area contributed by atoms with Gasteiger partial charge in [-0.05, 0) is 19.1 Å². The molecule has 0 fully saturated rings. The highest BCUT2D eigenvalue weighted by Crippen LogP contribution is 2.33. The van der Waals surface area contributed by atoms with Crippen LogP contribution in [-0.2, 0) is 6.42 Å². The molecule has 102 valence electrons. The molecule has 3 rings (SSSR count). The molecule has 2 N–H and O–H groups in total. The van der Waals surface area contributed by atoms with E-state index in [4.69, 9.17) is 0 Å². The summed E-state index contributed by atoms with van der Waals surface area (Å²) >= 11 is 3.17. The third kappa shape index (κ3) is 2.66. The number of hydrogen-bond donors (Lipinski definition) is 2. The van der Waals surface area contributed by atoms with Gasteiger partial charge in [0.05, 0.1) is 21.4 Å². The average molecular weight is 304 g/mol. The quantitative estimate of drug-likeness (QED) is 0.776. The lowest BCUT2D eigenvalue weighted by Gasteiger charge is -2.01. The van der Waals surface area contributed by atoms with Crippen LogP contribution in [0.3, 0.4) is 0 Å². The van der Waals surface area contributed by atoms with Crippen LogP contribution in [0, 0.1) is 6.92 Å². The highest BCUT2D eigenvalue weighted by Gasteiger charge is 2.10. The SMILES string of the molecule is Cc1nc(Cc2nc(-c3ccc(O)cc3O)cs2)cs1. The fraction of sp³-hybridized carbons (Fsp3) is 0.143. The summed E-state index contributed by atoms with van der Waals surface area (Å²) in [6.07, 6.45) is 0.702. The molecule has 2 heterocycles. The fourth-order valence-corrected chi connectivity index (χ4v) is 3.32. The predicted molar refractivity (Wildman–Crippen MR) is 80.5 cm³/mol. The molecule has 1 aromatic carbocycles. The Kier molecular flexibility index (Phi) is 3.42. The minimum Gasteiger partial charge on any atom is -0.508 e. The first-order valence-corrected chi connectivity index (χ1v) is 7.75. The maximum absolute atomic E-state index is 9.84. The molecule has 0 atom stereocenters. The molecular formula is C14H12N2O2S2. The molecule has 0 unspecified atom stereocenters. The number of aryl methyl sites for hydroxylation is 1. The lowest BCUT2D eigenvalue weighted by Crippen LogP contribution is -1.88. The van der Waals surface area contributed by atoms with Crippen LogP contribution in [0.5, 0.6) is 11.5 Å². The van der Waals surface area contributed by atoms with Crippen molar-refractivity contribution in [2.45, 2.75) is 13.3 Å². The number of aromatic nitrogens is 2. The summed E-state index contributed by atoms with van der Waals surface area (Å²) in [5.41, 5.74) is 2.36. The van der Waals surface area contributed by atoms with Gasteiger partial charge in [0.1, 0.15) is 11.5 Å². The summed E-state index contributed by atoms with van der Waals surface area (Å²) in [5, 5.41) is 25.1. The number of phenolic OH excluding ortho intramolecular Hbond substituents is 2. The van der Waals surface area contributed by atoms with E-state index in [0.29, 0.717) is 12.0 Å². The van der Waals surface area contributed by atoms with Crippen molar-refractivity contribution in [3.63, 3.8) is 0 Å². The summed E-state index contributed by atoms with van der Waals surface area (Å²) in [5.74, 6) is 0.0750. The van der Waals surface area contributed by atoms with Crippen LogP contribution < -0.4 is 0 Å². The Labute approximate surface area is 124 Å².